The lowest BCUT2D eigenvalue weighted by Gasteiger charge is -2.18. The Hall–Kier alpha value is -0.590. The van der Waals surface area contributed by atoms with Gasteiger partial charge in [0.05, 0.1) is 0 Å². The molecule has 0 heterocycles. The highest BCUT2D eigenvalue weighted by molar-refractivity contribution is 5.78. The van der Waals surface area contributed by atoms with Gasteiger partial charge in [0.25, 0.3) is 0 Å². The standard InChI is InChI=1S/C9H14O/c1-7-4-3-5-9(6-7)8(2)10/h3-4,7,9H,5-6H2,1-2H3/t7-,9+/m0/s1. The van der Waals surface area contributed by atoms with Crippen molar-refractivity contribution < 1.29 is 4.79 Å². The number of hydrogen-bond donors (Lipinski definition) is 0. The molecule has 0 saturated heterocycles. The van der Waals surface area contributed by atoms with E-state index in [0.29, 0.717) is 17.6 Å². The highest BCUT2D eigenvalue weighted by atomic mass is 16.1. The van der Waals surface area contributed by atoms with E-state index >= 15 is 0 Å². The van der Waals surface area contributed by atoms with Gasteiger partial charge in [-0.2, -0.15) is 0 Å². The van der Waals surface area contributed by atoms with Gasteiger partial charge in [-0.3, -0.25) is 4.79 Å². The number of hydrogen-bond acceptors (Lipinski definition) is 1. The van der Waals surface area contributed by atoms with Crippen LogP contribution in [0.15, 0.2) is 12.2 Å². The van der Waals surface area contributed by atoms with Crippen LogP contribution in [-0.4, -0.2) is 5.78 Å². The summed E-state index contributed by atoms with van der Waals surface area (Å²) in [5.74, 6) is 1.25. The van der Waals surface area contributed by atoms with Crippen LogP contribution in [0, 0.1) is 11.8 Å². The van der Waals surface area contributed by atoms with Gasteiger partial charge in [0.2, 0.25) is 0 Å². The van der Waals surface area contributed by atoms with Gasteiger partial charge < -0.3 is 0 Å². The van der Waals surface area contributed by atoms with Crippen molar-refractivity contribution in [1.82, 2.24) is 0 Å². The van der Waals surface area contributed by atoms with Crippen LogP contribution in [0.3, 0.4) is 0 Å². The van der Waals surface area contributed by atoms with Gasteiger partial charge in [-0.05, 0) is 25.7 Å². The average molecular weight is 138 g/mol. The molecule has 1 heteroatoms. The van der Waals surface area contributed by atoms with Gasteiger partial charge in [-0.1, -0.05) is 19.1 Å². The quantitative estimate of drug-likeness (QED) is 0.507. The molecule has 0 aromatic carbocycles. The molecule has 1 aliphatic rings. The second-order valence-corrected chi connectivity index (χ2v) is 3.18. The first-order valence-electron chi connectivity index (χ1n) is 3.87. The second kappa shape index (κ2) is 3.00. The second-order valence-electron chi connectivity index (χ2n) is 3.18. The van der Waals surface area contributed by atoms with Crippen molar-refractivity contribution in [1.29, 1.82) is 0 Å². The molecular weight excluding hydrogens is 124 g/mol. The number of carbonyl (C=O) groups is 1. The molecule has 0 saturated carbocycles. The predicted octanol–water partition coefficient (Wildman–Crippen LogP) is 2.18. The summed E-state index contributed by atoms with van der Waals surface area (Å²) in [4.78, 5) is 10.9. The van der Waals surface area contributed by atoms with Crippen LogP contribution in [0.4, 0.5) is 0 Å². The molecule has 1 nitrogen and oxygen atoms in total. The molecular formula is C9H14O. The summed E-state index contributed by atoms with van der Waals surface area (Å²) < 4.78 is 0. The average Bonchev–Trinajstić information content (AvgIpc) is 1.88. The number of allylic oxidation sites excluding steroid dienone is 2. The maximum atomic E-state index is 10.9. The molecule has 2 atom stereocenters. The third kappa shape index (κ3) is 1.69. The summed E-state index contributed by atoms with van der Waals surface area (Å²) in [6.45, 7) is 3.85. The molecule has 0 aliphatic heterocycles. The number of rotatable bonds is 1. The zero-order chi connectivity index (χ0) is 7.56. The van der Waals surface area contributed by atoms with Gasteiger partial charge in [0, 0.05) is 5.92 Å². The molecule has 1 aliphatic carbocycles. The lowest BCUT2D eigenvalue weighted by Crippen LogP contribution is -2.15. The molecule has 0 bridgehead atoms. The van der Waals surface area contributed by atoms with E-state index in [-0.39, 0.29) is 0 Å². The third-order valence-electron chi connectivity index (χ3n) is 2.12. The largest absolute Gasteiger partial charge is 0.300 e. The van der Waals surface area contributed by atoms with Crippen molar-refractivity contribution in [3.63, 3.8) is 0 Å². The van der Waals surface area contributed by atoms with Crippen molar-refractivity contribution >= 4 is 5.78 Å². The van der Waals surface area contributed by atoms with Gasteiger partial charge >= 0.3 is 0 Å². The molecule has 56 valence electrons. The molecule has 1 rings (SSSR count). The summed E-state index contributed by atoms with van der Waals surface area (Å²) in [5, 5.41) is 0. The SMILES string of the molecule is CC(=O)[C@@H]1CC=C[C@H](C)C1. The van der Waals surface area contributed by atoms with Crippen LogP contribution in [0.25, 0.3) is 0 Å². The van der Waals surface area contributed by atoms with E-state index in [4.69, 9.17) is 0 Å². The zero-order valence-corrected chi connectivity index (χ0v) is 6.63. The van der Waals surface area contributed by atoms with Crippen LogP contribution < -0.4 is 0 Å². The monoisotopic (exact) mass is 138 g/mol. The van der Waals surface area contributed by atoms with Crippen molar-refractivity contribution in [2.75, 3.05) is 0 Å². The predicted molar refractivity (Wildman–Crippen MR) is 41.7 cm³/mol. The Kier molecular flexibility index (Phi) is 2.25. The van der Waals surface area contributed by atoms with Gasteiger partial charge in [0.15, 0.2) is 0 Å². The summed E-state index contributed by atoms with van der Waals surface area (Å²) in [6.07, 6.45) is 6.32. The van der Waals surface area contributed by atoms with Gasteiger partial charge in [0.1, 0.15) is 5.78 Å². The molecule has 0 aromatic heterocycles. The van der Waals surface area contributed by atoms with Gasteiger partial charge in [-0.15, -0.1) is 0 Å². The number of Topliss-reactive ketones (excluding diaryl/α,β-unsaturated/α-hetero) is 1. The highest BCUT2D eigenvalue weighted by Gasteiger charge is 2.17. The van der Waals surface area contributed by atoms with Crippen LogP contribution in [0.5, 0.6) is 0 Å². The van der Waals surface area contributed by atoms with Crippen LogP contribution in [-0.2, 0) is 4.79 Å². The minimum Gasteiger partial charge on any atom is -0.300 e. The Labute approximate surface area is 62.1 Å². The first-order chi connectivity index (χ1) is 4.70. The topological polar surface area (TPSA) is 17.1 Å². The molecule has 0 N–H and O–H groups in total. The first kappa shape index (κ1) is 7.52. The Morgan fingerprint density at radius 3 is 2.70 bits per heavy atom. The third-order valence-corrected chi connectivity index (χ3v) is 2.12. The van der Waals surface area contributed by atoms with Crippen LogP contribution in [0.1, 0.15) is 26.7 Å². The fourth-order valence-corrected chi connectivity index (χ4v) is 1.43. The molecule has 0 amide bonds. The molecule has 0 aromatic rings. The van der Waals surface area contributed by atoms with Crippen molar-refractivity contribution in [2.24, 2.45) is 11.8 Å². The molecule has 0 radical (unpaired) electrons. The summed E-state index contributed by atoms with van der Waals surface area (Å²) in [7, 11) is 0. The normalized spacial score (nSPS) is 32.2. The lowest BCUT2D eigenvalue weighted by atomic mass is 9.85. The summed E-state index contributed by atoms with van der Waals surface area (Å²) >= 11 is 0. The Morgan fingerprint density at radius 2 is 2.30 bits per heavy atom. The van der Waals surface area contributed by atoms with Crippen LogP contribution >= 0.6 is 0 Å². The van der Waals surface area contributed by atoms with Crippen molar-refractivity contribution in [3.05, 3.63) is 12.2 Å². The summed E-state index contributed by atoms with van der Waals surface area (Å²) in [6, 6.07) is 0. The number of ketones is 1. The molecule has 0 spiro atoms. The molecule has 0 fully saturated rings. The fraction of sp³-hybridized carbons (Fsp3) is 0.667. The van der Waals surface area contributed by atoms with E-state index in [1.54, 1.807) is 6.92 Å². The van der Waals surface area contributed by atoms with E-state index in [1.165, 1.54) is 0 Å². The van der Waals surface area contributed by atoms with Crippen LogP contribution in [0.2, 0.25) is 0 Å². The maximum absolute atomic E-state index is 10.9. The van der Waals surface area contributed by atoms with E-state index in [2.05, 4.69) is 19.1 Å². The zero-order valence-electron chi connectivity index (χ0n) is 6.63. The lowest BCUT2D eigenvalue weighted by molar-refractivity contribution is -0.121. The van der Waals surface area contributed by atoms with Gasteiger partial charge in [-0.25, -0.2) is 0 Å². The van der Waals surface area contributed by atoms with Crippen molar-refractivity contribution in [2.45, 2.75) is 26.7 Å². The first-order valence-corrected chi connectivity index (χ1v) is 3.87. The Bertz CT molecular complexity index is 158. The molecule has 0 unspecified atom stereocenters. The van der Waals surface area contributed by atoms with E-state index in [0.717, 1.165) is 12.8 Å². The Morgan fingerprint density at radius 1 is 1.60 bits per heavy atom. The smallest absolute Gasteiger partial charge is 0.133 e. The molecule has 10 heavy (non-hydrogen) atoms. The number of carbonyl (C=O) groups excluding carboxylic acids is 1. The minimum absolute atomic E-state index is 0.306. The maximum Gasteiger partial charge on any atom is 0.133 e. The minimum atomic E-state index is 0.306. The van der Waals surface area contributed by atoms with E-state index < -0.39 is 0 Å². The highest BCUT2D eigenvalue weighted by Crippen LogP contribution is 2.23. The van der Waals surface area contributed by atoms with E-state index in [1.807, 2.05) is 0 Å². The Balaban J connectivity index is 2.52. The van der Waals surface area contributed by atoms with Crippen molar-refractivity contribution in [3.8, 4) is 0 Å². The summed E-state index contributed by atoms with van der Waals surface area (Å²) in [5.41, 5.74) is 0. The van der Waals surface area contributed by atoms with E-state index in [9.17, 15) is 4.79 Å². The fourth-order valence-electron chi connectivity index (χ4n) is 1.43.